The Labute approximate surface area is 118 Å². The van der Waals surface area contributed by atoms with Gasteiger partial charge < -0.3 is 10.2 Å². The minimum Gasteiger partial charge on any atom is -0.352 e. The average molecular weight is 282 g/mol. The Bertz CT molecular complexity index is 471. The first kappa shape index (κ1) is 14.9. The summed E-state index contributed by atoms with van der Waals surface area (Å²) in [6.45, 7) is 2.66. The highest BCUT2D eigenvalue weighted by Crippen LogP contribution is 2.19. The highest BCUT2D eigenvalue weighted by molar-refractivity contribution is 5.94. The molecular formula is C15H20F2N2O. The highest BCUT2D eigenvalue weighted by atomic mass is 19.2. The first-order valence-corrected chi connectivity index (χ1v) is 6.98. The summed E-state index contributed by atoms with van der Waals surface area (Å²) in [6.07, 6.45) is 3.14. The molecule has 0 radical (unpaired) electrons. The molecule has 1 N–H and O–H groups in total. The predicted octanol–water partition coefficient (Wildman–Crippen LogP) is 2.43. The number of benzene rings is 1. The summed E-state index contributed by atoms with van der Waals surface area (Å²) < 4.78 is 26.5. The molecular weight excluding hydrogens is 262 g/mol. The summed E-state index contributed by atoms with van der Waals surface area (Å²) in [4.78, 5) is 14.1. The van der Waals surface area contributed by atoms with E-state index in [1.54, 1.807) is 0 Å². The predicted molar refractivity (Wildman–Crippen MR) is 73.5 cm³/mol. The SMILES string of the molecule is CN1CCC(CCNC(=O)c2cccc(F)c2F)CC1. The number of rotatable bonds is 4. The number of nitrogens with zero attached hydrogens (tertiary/aromatic N) is 1. The van der Waals surface area contributed by atoms with E-state index in [2.05, 4.69) is 17.3 Å². The molecule has 1 aliphatic rings. The smallest absolute Gasteiger partial charge is 0.254 e. The molecule has 0 aliphatic carbocycles. The minimum atomic E-state index is -1.08. The van der Waals surface area contributed by atoms with E-state index in [-0.39, 0.29) is 5.56 Å². The van der Waals surface area contributed by atoms with E-state index in [4.69, 9.17) is 0 Å². The van der Waals surface area contributed by atoms with E-state index < -0.39 is 17.5 Å². The molecule has 1 fully saturated rings. The van der Waals surface area contributed by atoms with Crippen LogP contribution < -0.4 is 5.32 Å². The summed E-state index contributed by atoms with van der Waals surface area (Å²) in [5.74, 6) is -2.02. The Morgan fingerprint density at radius 1 is 1.35 bits per heavy atom. The van der Waals surface area contributed by atoms with Crippen molar-refractivity contribution in [2.75, 3.05) is 26.7 Å². The Morgan fingerprint density at radius 2 is 2.05 bits per heavy atom. The molecule has 0 aromatic heterocycles. The first-order valence-electron chi connectivity index (χ1n) is 6.98. The standard InChI is InChI=1S/C15H20F2N2O/c1-19-9-6-11(7-10-19)5-8-18-15(20)12-3-2-4-13(16)14(12)17/h2-4,11H,5-10H2,1H3,(H,18,20). The fourth-order valence-corrected chi connectivity index (χ4v) is 2.51. The lowest BCUT2D eigenvalue weighted by molar-refractivity contribution is 0.0944. The number of halogens is 2. The molecule has 1 aliphatic heterocycles. The largest absolute Gasteiger partial charge is 0.352 e. The van der Waals surface area contributed by atoms with Crippen LogP contribution in [0.5, 0.6) is 0 Å². The average Bonchev–Trinajstić information content (AvgIpc) is 2.44. The maximum atomic E-state index is 13.4. The summed E-state index contributed by atoms with van der Waals surface area (Å²) in [7, 11) is 2.10. The molecule has 110 valence electrons. The molecule has 1 aromatic rings. The summed E-state index contributed by atoms with van der Waals surface area (Å²) >= 11 is 0. The van der Waals surface area contributed by atoms with Crippen LogP contribution in [0.1, 0.15) is 29.6 Å². The zero-order chi connectivity index (χ0) is 14.5. The molecule has 0 atom stereocenters. The van der Waals surface area contributed by atoms with E-state index in [1.165, 1.54) is 12.1 Å². The monoisotopic (exact) mass is 282 g/mol. The number of hydrogen-bond donors (Lipinski definition) is 1. The molecule has 1 saturated heterocycles. The van der Waals surface area contributed by atoms with Gasteiger partial charge in [0.25, 0.3) is 5.91 Å². The third kappa shape index (κ3) is 3.76. The van der Waals surface area contributed by atoms with Crippen LogP contribution in [-0.2, 0) is 0 Å². The molecule has 5 heteroatoms. The van der Waals surface area contributed by atoms with Crippen LogP contribution in [-0.4, -0.2) is 37.5 Å². The van der Waals surface area contributed by atoms with Gasteiger partial charge in [0.05, 0.1) is 5.56 Å². The lowest BCUT2D eigenvalue weighted by Gasteiger charge is -2.28. The number of hydrogen-bond acceptors (Lipinski definition) is 2. The van der Waals surface area contributed by atoms with Gasteiger partial charge in [0.2, 0.25) is 0 Å². The highest BCUT2D eigenvalue weighted by Gasteiger charge is 2.18. The van der Waals surface area contributed by atoms with E-state index in [9.17, 15) is 13.6 Å². The van der Waals surface area contributed by atoms with Gasteiger partial charge in [-0.25, -0.2) is 8.78 Å². The van der Waals surface area contributed by atoms with Crippen molar-refractivity contribution in [1.82, 2.24) is 10.2 Å². The molecule has 0 bridgehead atoms. The summed E-state index contributed by atoms with van der Waals surface area (Å²) in [5, 5.41) is 2.67. The van der Waals surface area contributed by atoms with E-state index in [1.807, 2.05) is 0 Å². The molecule has 2 rings (SSSR count). The lowest BCUT2D eigenvalue weighted by Crippen LogP contribution is -2.33. The maximum absolute atomic E-state index is 13.4. The van der Waals surface area contributed by atoms with Crippen molar-refractivity contribution in [3.63, 3.8) is 0 Å². The minimum absolute atomic E-state index is 0.228. The number of amides is 1. The summed E-state index contributed by atoms with van der Waals surface area (Å²) in [6, 6.07) is 3.64. The summed E-state index contributed by atoms with van der Waals surface area (Å²) in [5.41, 5.74) is -0.228. The van der Waals surface area contributed by atoms with Crippen LogP contribution in [0.4, 0.5) is 8.78 Å². The van der Waals surface area contributed by atoms with Crippen LogP contribution in [0.3, 0.4) is 0 Å². The van der Waals surface area contributed by atoms with Gasteiger partial charge >= 0.3 is 0 Å². The van der Waals surface area contributed by atoms with Gasteiger partial charge in [-0.1, -0.05) is 6.07 Å². The van der Waals surface area contributed by atoms with Crippen molar-refractivity contribution < 1.29 is 13.6 Å². The second kappa shape index (κ2) is 6.79. The fourth-order valence-electron chi connectivity index (χ4n) is 2.51. The Kier molecular flexibility index (Phi) is 5.06. The molecule has 20 heavy (non-hydrogen) atoms. The van der Waals surface area contributed by atoms with Crippen molar-refractivity contribution in [1.29, 1.82) is 0 Å². The van der Waals surface area contributed by atoms with E-state index in [0.717, 1.165) is 38.4 Å². The molecule has 3 nitrogen and oxygen atoms in total. The third-order valence-electron chi connectivity index (χ3n) is 3.87. The normalized spacial score (nSPS) is 17.1. The number of nitrogens with one attached hydrogen (secondary N) is 1. The van der Waals surface area contributed by atoms with Gasteiger partial charge in [0.15, 0.2) is 11.6 Å². The van der Waals surface area contributed by atoms with Gasteiger partial charge in [-0.05, 0) is 57.5 Å². The van der Waals surface area contributed by atoms with Crippen LogP contribution in [0, 0.1) is 17.6 Å². The maximum Gasteiger partial charge on any atom is 0.254 e. The topological polar surface area (TPSA) is 32.3 Å². The molecule has 1 aromatic carbocycles. The number of carbonyl (C=O) groups excluding carboxylic acids is 1. The van der Waals surface area contributed by atoms with Crippen LogP contribution >= 0.6 is 0 Å². The Balaban J connectivity index is 1.79. The van der Waals surface area contributed by atoms with E-state index in [0.29, 0.717) is 12.5 Å². The number of likely N-dealkylation sites (tertiary alicyclic amines) is 1. The Hall–Kier alpha value is -1.49. The molecule has 0 unspecified atom stereocenters. The van der Waals surface area contributed by atoms with Crippen LogP contribution in [0.15, 0.2) is 18.2 Å². The van der Waals surface area contributed by atoms with E-state index >= 15 is 0 Å². The molecule has 1 heterocycles. The Morgan fingerprint density at radius 3 is 2.75 bits per heavy atom. The number of carbonyl (C=O) groups is 1. The van der Waals surface area contributed by atoms with Crippen LogP contribution in [0.25, 0.3) is 0 Å². The molecule has 0 saturated carbocycles. The second-order valence-corrected chi connectivity index (χ2v) is 5.39. The van der Waals surface area contributed by atoms with Gasteiger partial charge in [0, 0.05) is 6.54 Å². The van der Waals surface area contributed by atoms with Gasteiger partial charge in [-0.2, -0.15) is 0 Å². The third-order valence-corrected chi connectivity index (χ3v) is 3.87. The zero-order valence-electron chi connectivity index (χ0n) is 11.7. The van der Waals surface area contributed by atoms with Crippen molar-refractivity contribution in [2.24, 2.45) is 5.92 Å². The zero-order valence-corrected chi connectivity index (χ0v) is 11.7. The van der Waals surface area contributed by atoms with Gasteiger partial charge in [0.1, 0.15) is 0 Å². The number of piperidine rings is 1. The molecule has 1 amide bonds. The van der Waals surface area contributed by atoms with Crippen molar-refractivity contribution in [3.05, 3.63) is 35.4 Å². The van der Waals surface area contributed by atoms with Gasteiger partial charge in [-0.15, -0.1) is 0 Å². The van der Waals surface area contributed by atoms with Crippen molar-refractivity contribution >= 4 is 5.91 Å². The molecule has 0 spiro atoms. The van der Waals surface area contributed by atoms with Crippen LogP contribution in [0.2, 0.25) is 0 Å². The second-order valence-electron chi connectivity index (χ2n) is 5.39. The fraction of sp³-hybridized carbons (Fsp3) is 0.533. The quantitative estimate of drug-likeness (QED) is 0.920. The van der Waals surface area contributed by atoms with Crippen molar-refractivity contribution in [2.45, 2.75) is 19.3 Å². The first-order chi connectivity index (χ1) is 9.58. The van der Waals surface area contributed by atoms with Crippen molar-refractivity contribution in [3.8, 4) is 0 Å². The lowest BCUT2D eigenvalue weighted by atomic mass is 9.94. The van der Waals surface area contributed by atoms with Gasteiger partial charge in [-0.3, -0.25) is 4.79 Å².